The molecule has 0 saturated heterocycles. The number of benzene rings is 1. The zero-order valence-electron chi connectivity index (χ0n) is 10.1. The standard InChI is InChI=1S/C14H15NO3/c16-13(17)14(6-2-1-3-7-14)10-4-5-12-11(8-10)15-9-18-12/h4-5,8-9H,1-3,6-7H2,(H,16,17). The van der Waals surface area contributed by atoms with Crippen molar-refractivity contribution in [3.63, 3.8) is 0 Å². The maximum atomic E-state index is 11.7. The number of carboxylic acids is 1. The van der Waals surface area contributed by atoms with Crippen molar-refractivity contribution in [1.82, 2.24) is 4.98 Å². The number of carboxylic acid groups (broad SMARTS) is 1. The summed E-state index contributed by atoms with van der Waals surface area (Å²) in [5.74, 6) is -0.718. The summed E-state index contributed by atoms with van der Waals surface area (Å²) >= 11 is 0. The maximum Gasteiger partial charge on any atom is 0.314 e. The normalized spacial score (nSPS) is 18.9. The Labute approximate surface area is 105 Å². The molecule has 1 N–H and O–H groups in total. The lowest BCUT2D eigenvalue weighted by atomic mass is 9.69. The van der Waals surface area contributed by atoms with E-state index in [1.54, 1.807) is 0 Å². The predicted molar refractivity (Wildman–Crippen MR) is 66.4 cm³/mol. The third-order valence-electron chi connectivity index (χ3n) is 4.00. The van der Waals surface area contributed by atoms with Gasteiger partial charge >= 0.3 is 5.97 Å². The van der Waals surface area contributed by atoms with Crippen LogP contribution in [0.1, 0.15) is 37.7 Å². The van der Waals surface area contributed by atoms with Gasteiger partial charge in [0.15, 0.2) is 12.0 Å². The number of oxazole rings is 1. The highest BCUT2D eigenvalue weighted by molar-refractivity contribution is 5.84. The Bertz CT molecular complexity index is 581. The SMILES string of the molecule is O=C(O)C1(c2ccc3ocnc3c2)CCCCC1. The summed E-state index contributed by atoms with van der Waals surface area (Å²) in [4.78, 5) is 15.8. The molecule has 1 saturated carbocycles. The van der Waals surface area contributed by atoms with E-state index in [2.05, 4.69) is 4.98 Å². The quantitative estimate of drug-likeness (QED) is 0.882. The molecule has 3 rings (SSSR count). The molecule has 0 unspecified atom stereocenters. The van der Waals surface area contributed by atoms with Crippen LogP contribution in [0.3, 0.4) is 0 Å². The molecular formula is C14H15NO3. The molecule has 1 aromatic carbocycles. The van der Waals surface area contributed by atoms with Crippen LogP contribution in [-0.4, -0.2) is 16.1 Å². The van der Waals surface area contributed by atoms with E-state index in [1.807, 2.05) is 18.2 Å². The molecule has 18 heavy (non-hydrogen) atoms. The molecule has 0 bridgehead atoms. The van der Waals surface area contributed by atoms with E-state index in [0.29, 0.717) is 18.4 Å². The van der Waals surface area contributed by atoms with Crippen LogP contribution in [0, 0.1) is 0 Å². The number of rotatable bonds is 2. The molecule has 1 heterocycles. The molecule has 0 atom stereocenters. The molecule has 4 heteroatoms. The van der Waals surface area contributed by atoms with E-state index in [-0.39, 0.29) is 0 Å². The van der Waals surface area contributed by atoms with Crippen molar-refractivity contribution in [2.45, 2.75) is 37.5 Å². The molecule has 1 aliphatic carbocycles. The van der Waals surface area contributed by atoms with Gasteiger partial charge < -0.3 is 9.52 Å². The smallest absolute Gasteiger partial charge is 0.314 e. The summed E-state index contributed by atoms with van der Waals surface area (Å²) in [7, 11) is 0. The molecule has 1 fully saturated rings. The first kappa shape index (κ1) is 11.3. The molecule has 2 aromatic rings. The number of aromatic nitrogens is 1. The summed E-state index contributed by atoms with van der Waals surface area (Å²) < 4.78 is 5.20. The van der Waals surface area contributed by atoms with Gasteiger partial charge in [0.05, 0.1) is 5.41 Å². The molecule has 0 aliphatic heterocycles. The van der Waals surface area contributed by atoms with E-state index in [4.69, 9.17) is 4.42 Å². The van der Waals surface area contributed by atoms with Gasteiger partial charge in [-0.05, 0) is 30.5 Å². The van der Waals surface area contributed by atoms with Gasteiger partial charge in [0, 0.05) is 0 Å². The molecule has 0 amide bonds. The summed E-state index contributed by atoms with van der Waals surface area (Å²) in [5, 5.41) is 9.62. The lowest BCUT2D eigenvalue weighted by Crippen LogP contribution is -2.37. The molecule has 4 nitrogen and oxygen atoms in total. The second-order valence-corrected chi connectivity index (χ2v) is 4.98. The van der Waals surface area contributed by atoms with Crippen molar-refractivity contribution in [3.05, 3.63) is 30.2 Å². The third kappa shape index (κ3) is 1.60. The van der Waals surface area contributed by atoms with E-state index in [1.165, 1.54) is 6.39 Å². The Morgan fingerprint density at radius 2 is 2.06 bits per heavy atom. The fraction of sp³-hybridized carbons (Fsp3) is 0.429. The number of hydrogen-bond acceptors (Lipinski definition) is 3. The largest absolute Gasteiger partial charge is 0.481 e. The number of nitrogens with zero attached hydrogens (tertiary/aromatic N) is 1. The first-order valence-corrected chi connectivity index (χ1v) is 6.29. The molecule has 1 aromatic heterocycles. The van der Waals surface area contributed by atoms with Crippen molar-refractivity contribution >= 4 is 17.1 Å². The Morgan fingerprint density at radius 3 is 2.78 bits per heavy atom. The highest BCUT2D eigenvalue weighted by atomic mass is 16.4. The van der Waals surface area contributed by atoms with Crippen molar-refractivity contribution in [3.8, 4) is 0 Å². The minimum atomic E-state index is -0.731. The fourth-order valence-electron chi connectivity index (χ4n) is 2.94. The minimum Gasteiger partial charge on any atom is -0.481 e. The number of fused-ring (bicyclic) bond motifs is 1. The maximum absolute atomic E-state index is 11.7. The van der Waals surface area contributed by atoms with Crippen LogP contribution in [0.2, 0.25) is 0 Å². The Hall–Kier alpha value is -1.84. The first-order valence-electron chi connectivity index (χ1n) is 6.29. The van der Waals surface area contributed by atoms with Gasteiger partial charge in [-0.2, -0.15) is 0 Å². The highest BCUT2D eigenvalue weighted by Crippen LogP contribution is 2.40. The van der Waals surface area contributed by atoms with Crippen LogP contribution in [0.25, 0.3) is 11.1 Å². The lowest BCUT2D eigenvalue weighted by molar-refractivity contribution is -0.145. The predicted octanol–water partition coefficient (Wildman–Crippen LogP) is 3.11. The summed E-state index contributed by atoms with van der Waals surface area (Å²) in [5.41, 5.74) is 1.57. The Balaban J connectivity index is 2.11. The number of hydrogen-bond donors (Lipinski definition) is 1. The highest BCUT2D eigenvalue weighted by Gasteiger charge is 2.41. The first-order chi connectivity index (χ1) is 8.72. The van der Waals surface area contributed by atoms with Crippen LogP contribution in [0.4, 0.5) is 0 Å². The van der Waals surface area contributed by atoms with Crippen LogP contribution in [0.5, 0.6) is 0 Å². The third-order valence-corrected chi connectivity index (χ3v) is 4.00. The van der Waals surface area contributed by atoms with Crippen molar-refractivity contribution in [2.24, 2.45) is 0 Å². The van der Waals surface area contributed by atoms with Crippen LogP contribution >= 0.6 is 0 Å². The van der Waals surface area contributed by atoms with Gasteiger partial charge in [0.25, 0.3) is 0 Å². The monoisotopic (exact) mass is 245 g/mol. The zero-order chi connectivity index (χ0) is 12.6. The molecule has 94 valence electrons. The van der Waals surface area contributed by atoms with Gasteiger partial charge in [-0.1, -0.05) is 25.3 Å². The Morgan fingerprint density at radius 1 is 1.28 bits per heavy atom. The van der Waals surface area contributed by atoms with Crippen molar-refractivity contribution in [2.75, 3.05) is 0 Å². The zero-order valence-corrected chi connectivity index (χ0v) is 10.1. The van der Waals surface area contributed by atoms with Gasteiger partial charge in [-0.3, -0.25) is 4.79 Å². The average molecular weight is 245 g/mol. The summed E-state index contributed by atoms with van der Waals surface area (Å²) in [6, 6.07) is 5.54. The van der Waals surface area contributed by atoms with Crippen LogP contribution < -0.4 is 0 Å². The van der Waals surface area contributed by atoms with Crippen molar-refractivity contribution < 1.29 is 14.3 Å². The molecule has 0 spiro atoms. The van der Waals surface area contributed by atoms with Gasteiger partial charge in [-0.15, -0.1) is 0 Å². The molecule has 0 radical (unpaired) electrons. The van der Waals surface area contributed by atoms with Gasteiger partial charge in [0.2, 0.25) is 0 Å². The van der Waals surface area contributed by atoms with E-state index in [0.717, 1.165) is 30.3 Å². The molecular weight excluding hydrogens is 230 g/mol. The topological polar surface area (TPSA) is 63.3 Å². The number of carbonyl (C=O) groups is 1. The van der Waals surface area contributed by atoms with Crippen LogP contribution in [0.15, 0.2) is 29.0 Å². The minimum absolute atomic E-state index is 0.704. The second-order valence-electron chi connectivity index (χ2n) is 4.98. The summed E-state index contributed by atoms with van der Waals surface area (Å²) in [6.45, 7) is 0. The van der Waals surface area contributed by atoms with E-state index >= 15 is 0 Å². The Kier molecular flexibility index (Phi) is 2.58. The lowest BCUT2D eigenvalue weighted by Gasteiger charge is -2.33. The van der Waals surface area contributed by atoms with E-state index < -0.39 is 11.4 Å². The fourth-order valence-corrected chi connectivity index (χ4v) is 2.94. The van der Waals surface area contributed by atoms with Gasteiger partial charge in [0.1, 0.15) is 5.52 Å². The van der Waals surface area contributed by atoms with Crippen molar-refractivity contribution in [1.29, 1.82) is 0 Å². The number of aliphatic carboxylic acids is 1. The summed E-state index contributed by atoms with van der Waals surface area (Å²) in [6.07, 6.45) is 5.90. The van der Waals surface area contributed by atoms with E-state index in [9.17, 15) is 9.90 Å². The molecule has 1 aliphatic rings. The average Bonchev–Trinajstić information content (AvgIpc) is 2.86. The second kappa shape index (κ2) is 4.12. The van der Waals surface area contributed by atoms with Gasteiger partial charge in [-0.25, -0.2) is 4.98 Å². The van der Waals surface area contributed by atoms with Crippen LogP contribution in [-0.2, 0) is 10.2 Å².